The zero-order valence-electron chi connectivity index (χ0n) is 12.1. The van der Waals surface area contributed by atoms with Crippen LogP contribution in [0.25, 0.3) is 0 Å². The molecule has 2 rings (SSSR count). The Morgan fingerprint density at radius 1 is 1.24 bits per heavy atom. The van der Waals surface area contributed by atoms with Crippen molar-refractivity contribution in [3.05, 3.63) is 64.7 Å². The summed E-state index contributed by atoms with van der Waals surface area (Å²) in [7, 11) is 0. The number of hydrogen-bond acceptors (Lipinski definition) is 2. The number of thioether (sulfide) groups is 1. The Bertz CT molecular complexity index is 615. The van der Waals surface area contributed by atoms with Crippen LogP contribution in [0.5, 0.6) is 0 Å². The lowest BCUT2D eigenvalue weighted by Crippen LogP contribution is -2.23. The summed E-state index contributed by atoms with van der Waals surface area (Å²) in [5, 5.41) is 3.52. The largest absolute Gasteiger partial charge is 0.325 e. The van der Waals surface area contributed by atoms with Crippen molar-refractivity contribution in [2.24, 2.45) is 0 Å². The number of aryl methyl sites for hydroxylation is 1. The van der Waals surface area contributed by atoms with Gasteiger partial charge < -0.3 is 5.32 Å². The molecule has 0 fully saturated rings. The highest BCUT2D eigenvalue weighted by Crippen LogP contribution is 2.22. The third-order valence-electron chi connectivity index (χ3n) is 3.16. The number of carbonyl (C=O) groups excluding carboxylic acids is 1. The van der Waals surface area contributed by atoms with Crippen molar-refractivity contribution in [1.82, 2.24) is 0 Å². The second-order valence-electron chi connectivity index (χ2n) is 4.89. The van der Waals surface area contributed by atoms with Crippen LogP contribution in [0.1, 0.15) is 18.1 Å². The van der Waals surface area contributed by atoms with E-state index < -0.39 is 0 Å². The van der Waals surface area contributed by atoms with Crippen LogP contribution in [0.3, 0.4) is 0 Å². The first-order chi connectivity index (χ1) is 10.1. The van der Waals surface area contributed by atoms with E-state index in [1.54, 1.807) is 17.8 Å². The van der Waals surface area contributed by atoms with Gasteiger partial charge in [0, 0.05) is 16.5 Å². The van der Waals surface area contributed by atoms with Gasteiger partial charge in [-0.05, 0) is 43.2 Å². The average Bonchev–Trinajstić information content (AvgIpc) is 2.48. The summed E-state index contributed by atoms with van der Waals surface area (Å²) in [6.07, 6.45) is 0. The minimum atomic E-state index is -0.111. The molecule has 110 valence electrons. The Kier molecular flexibility index (Phi) is 5.71. The first kappa shape index (κ1) is 15.9. The molecular formula is C17H18ClNOS. The molecule has 0 spiro atoms. The summed E-state index contributed by atoms with van der Waals surface area (Å²) in [5.41, 5.74) is 3.01. The molecule has 0 saturated carbocycles. The molecule has 1 amide bonds. The van der Waals surface area contributed by atoms with E-state index >= 15 is 0 Å². The molecule has 1 atom stereocenters. The van der Waals surface area contributed by atoms with Gasteiger partial charge >= 0.3 is 0 Å². The molecule has 0 aliphatic heterocycles. The molecule has 0 radical (unpaired) electrons. The second-order valence-corrected chi connectivity index (χ2v) is 6.65. The van der Waals surface area contributed by atoms with Crippen molar-refractivity contribution in [3.63, 3.8) is 0 Å². The van der Waals surface area contributed by atoms with Gasteiger partial charge in [0.1, 0.15) is 0 Å². The van der Waals surface area contributed by atoms with E-state index in [9.17, 15) is 4.79 Å². The summed E-state index contributed by atoms with van der Waals surface area (Å²) in [6.45, 7) is 3.86. The number of carbonyl (C=O) groups is 1. The average molecular weight is 320 g/mol. The van der Waals surface area contributed by atoms with Gasteiger partial charge in [-0.25, -0.2) is 0 Å². The van der Waals surface area contributed by atoms with Crippen LogP contribution in [0, 0.1) is 6.92 Å². The normalized spacial score (nSPS) is 12.0. The monoisotopic (exact) mass is 319 g/mol. The number of anilines is 1. The summed E-state index contributed by atoms with van der Waals surface area (Å²) in [5.74, 6) is 0.844. The molecule has 0 unspecified atom stereocenters. The SMILES string of the molecule is Cc1cc(Cl)ccc1NC(=O)[C@@H](C)SCc1ccccc1. The molecule has 0 aliphatic carbocycles. The number of nitrogens with one attached hydrogen (secondary N) is 1. The summed E-state index contributed by atoms with van der Waals surface area (Å²) in [6, 6.07) is 15.6. The molecule has 2 aromatic carbocycles. The van der Waals surface area contributed by atoms with Gasteiger partial charge in [-0.1, -0.05) is 41.9 Å². The van der Waals surface area contributed by atoms with Gasteiger partial charge in [0.05, 0.1) is 5.25 Å². The second kappa shape index (κ2) is 7.53. The first-order valence-electron chi connectivity index (χ1n) is 6.79. The van der Waals surface area contributed by atoms with Crippen LogP contribution in [-0.4, -0.2) is 11.2 Å². The molecule has 21 heavy (non-hydrogen) atoms. The zero-order valence-corrected chi connectivity index (χ0v) is 13.7. The lowest BCUT2D eigenvalue weighted by molar-refractivity contribution is -0.115. The number of rotatable bonds is 5. The molecule has 1 N–H and O–H groups in total. The van der Waals surface area contributed by atoms with Crippen molar-refractivity contribution < 1.29 is 4.79 Å². The molecule has 4 heteroatoms. The van der Waals surface area contributed by atoms with Crippen LogP contribution < -0.4 is 5.32 Å². The van der Waals surface area contributed by atoms with E-state index in [1.807, 2.05) is 44.2 Å². The Morgan fingerprint density at radius 2 is 1.95 bits per heavy atom. The highest BCUT2D eigenvalue weighted by atomic mass is 35.5. The van der Waals surface area contributed by atoms with Crippen LogP contribution >= 0.6 is 23.4 Å². The van der Waals surface area contributed by atoms with E-state index in [1.165, 1.54) is 5.56 Å². The van der Waals surface area contributed by atoms with Gasteiger partial charge in [-0.15, -0.1) is 11.8 Å². The number of benzene rings is 2. The number of halogens is 1. The molecular weight excluding hydrogens is 302 g/mol. The van der Waals surface area contributed by atoms with E-state index in [2.05, 4.69) is 17.4 Å². The van der Waals surface area contributed by atoms with Crippen LogP contribution in [0.15, 0.2) is 48.5 Å². The smallest absolute Gasteiger partial charge is 0.237 e. The summed E-state index contributed by atoms with van der Waals surface area (Å²) >= 11 is 7.54. The predicted octanol–water partition coefficient (Wildman–Crippen LogP) is 4.91. The fourth-order valence-corrected chi connectivity index (χ4v) is 2.94. The van der Waals surface area contributed by atoms with Gasteiger partial charge in [-0.3, -0.25) is 4.79 Å². The third kappa shape index (κ3) is 4.80. The Hall–Kier alpha value is -1.45. The fraction of sp³-hybridized carbons (Fsp3) is 0.235. The molecule has 2 aromatic rings. The van der Waals surface area contributed by atoms with Gasteiger partial charge in [-0.2, -0.15) is 0 Å². The summed E-state index contributed by atoms with van der Waals surface area (Å²) in [4.78, 5) is 12.2. The van der Waals surface area contributed by atoms with Crippen LogP contribution in [-0.2, 0) is 10.5 Å². The number of amides is 1. The zero-order chi connectivity index (χ0) is 15.2. The van der Waals surface area contributed by atoms with Crippen molar-refractivity contribution in [2.75, 3.05) is 5.32 Å². The lowest BCUT2D eigenvalue weighted by Gasteiger charge is -2.13. The quantitative estimate of drug-likeness (QED) is 0.848. The van der Waals surface area contributed by atoms with E-state index in [0.717, 1.165) is 17.0 Å². The maximum absolute atomic E-state index is 12.2. The molecule has 2 nitrogen and oxygen atoms in total. The highest BCUT2D eigenvalue weighted by Gasteiger charge is 2.14. The Balaban J connectivity index is 1.90. The van der Waals surface area contributed by atoms with E-state index in [0.29, 0.717) is 5.02 Å². The third-order valence-corrected chi connectivity index (χ3v) is 4.61. The Labute approximate surface area is 134 Å². The predicted molar refractivity (Wildman–Crippen MR) is 92.0 cm³/mol. The van der Waals surface area contributed by atoms with Gasteiger partial charge in [0.15, 0.2) is 0 Å². The summed E-state index contributed by atoms with van der Waals surface area (Å²) < 4.78 is 0. The Morgan fingerprint density at radius 3 is 2.62 bits per heavy atom. The van der Waals surface area contributed by atoms with Gasteiger partial charge in [0.2, 0.25) is 5.91 Å². The van der Waals surface area contributed by atoms with Crippen LogP contribution in [0.2, 0.25) is 5.02 Å². The molecule has 0 heterocycles. The maximum atomic E-state index is 12.2. The lowest BCUT2D eigenvalue weighted by atomic mass is 10.2. The standard InChI is InChI=1S/C17H18ClNOS/c1-12-10-15(18)8-9-16(12)19-17(20)13(2)21-11-14-6-4-3-5-7-14/h3-10,13H,11H2,1-2H3,(H,19,20)/t13-/m1/s1. The minimum Gasteiger partial charge on any atom is -0.325 e. The number of hydrogen-bond donors (Lipinski definition) is 1. The maximum Gasteiger partial charge on any atom is 0.237 e. The first-order valence-corrected chi connectivity index (χ1v) is 8.21. The van der Waals surface area contributed by atoms with Gasteiger partial charge in [0.25, 0.3) is 0 Å². The van der Waals surface area contributed by atoms with E-state index in [-0.39, 0.29) is 11.2 Å². The fourth-order valence-electron chi connectivity index (χ4n) is 1.87. The van der Waals surface area contributed by atoms with E-state index in [4.69, 9.17) is 11.6 Å². The molecule has 0 saturated heterocycles. The van der Waals surface area contributed by atoms with Crippen molar-refractivity contribution >= 4 is 35.0 Å². The minimum absolute atomic E-state index is 0.0151. The van der Waals surface area contributed by atoms with Crippen molar-refractivity contribution in [3.8, 4) is 0 Å². The molecule has 0 bridgehead atoms. The topological polar surface area (TPSA) is 29.1 Å². The molecule has 0 aromatic heterocycles. The van der Waals surface area contributed by atoms with Crippen LogP contribution in [0.4, 0.5) is 5.69 Å². The highest BCUT2D eigenvalue weighted by molar-refractivity contribution is 7.99. The van der Waals surface area contributed by atoms with Crippen molar-refractivity contribution in [1.29, 1.82) is 0 Å². The molecule has 0 aliphatic rings. The van der Waals surface area contributed by atoms with Crippen molar-refractivity contribution in [2.45, 2.75) is 24.9 Å².